The highest BCUT2D eigenvalue weighted by molar-refractivity contribution is 5.75. The lowest BCUT2D eigenvalue weighted by molar-refractivity contribution is -0.121. The van der Waals surface area contributed by atoms with Gasteiger partial charge in [-0.2, -0.15) is 5.10 Å². The number of hydrogen-bond donors (Lipinski definition) is 2. The van der Waals surface area contributed by atoms with Gasteiger partial charge < -0.3 is 10.6 Å². The number of amides is 1. The van der Waals surface area contributed by atoms with Crippen molar-refractivity contribution in [2.75, 3.05) is 18.4 Å². The van der Waals surface area contributed by atoms with Crippen molar-refractivity contribution in [3.8, 4) is 0 Å². The molecule has 1 amide bonds. The van der Waals surface area contributed by atoms with Crippen LogP contribution >= 0.6 is 0 Å². The van der Waals surface area contributed by atoms with Gasteiger partial charge in [0.25, 0.3) is 5.56 Å². The van der Waals surface area contributed by atoms with Crippen molar-refractivity contribution in [1.29, 1.82) is 0 Å². The summed E-state index contributed by atoms with van der Waals surface area (Å²) in [5.41, 5.74) is 0.413. The van der Waals surface area contributed by atoms with E-state index in [1.54, 1.807) is 6.20 Å². The Morgan fingerprint density at radius 1 is 1.45 bits per heavy atom. The Labute approximate surface area is 119 Å². The molecule has 0 aliphatic carbocycles. The van der Waals surface area contributed by atoms with Crippen LogP contribution in [0.1, 0.15) is 33.6 Å². The Bertz CT molecular complexity index is 482. The molecule has 6 heteroatoms. The molecule has 0 bridgehead atoms. The summed E-state index contributed by atoms with van der Waals surface area (Å²) in [7, 11) is 0. The van der Waals surface area contributed by atoms with Crippen LogP contribution in [0.15, 0.2) is 17.1 Å². The molecule has 20 heavy (non-hydrogen) atoms. The summed E-state index contributed by atoms with van der Waals surface area (Å²) in [4.78, 5) is 23.4. The third-order valence-corrected chi connectivity index (χ3v) is 2.73. The van der Waals surface area contributed by atoms with Crippen molar-refractivity contribution in [1.82, 2.24) is 15.1 Å². The monoisotopic (exact) mass is 280 g/mol. The number of aromatic nitrogens is 2. The lowest BCUT2D eigenvalue weighted by Gasteiger charge is -2.10. The second kappa shape index (κ2) is 8.35. The van der Waals surface area contributed by atoms with Gasteiger partial charge in [-0.15, -0.1) is 0 Å². The molecule has 0 atom stereocenters. The quantitative estimate of drug-likeness (QED) is 0.702. The maximum atomic E-state index is 11.8. The Morgan fingerprint density at radius 2 is 2.20 bits per heavy atom. The molecular formula is C14H24N4O2. The standard InChI is InChI=1S/C14H24N4O2/c1-4-5-6-15-13(19)10-18-14(20)7-12(9-17-18)16-8-11(2)3/h7,9,11,16H,4-6,8,10H2,1-3H3,(H,15,19). The molecule has 0 aliphatic heterocycles. The van der Waals surface area contributed by atoms with Gasteiger partial charge in [0.05, 0.1) is 11.9 Å². The molecule has 112 valence electrons. The number of carbonyl (C=O) groups is 1. The van der Waals surface area contributed by atoms with Gasteiger partial charge in [0, 0.05) is 19.2 Å². The first-order chi connectivity index (χ1) is 9.52. The first-order valence-electron chi connectivity index (χ1n) is 7.10. The van der Waals surface area contributed by atoms with E-state index in [2.05, 4.69) is 36.5 Å². The van der Waals surface area contributed by atoms with Crippen molar-refractivity contribution in [2.45, 2.75) is 40.2 Å². The minimum Gasteiger partial charge on any atom is -0.383 e. The highest BCUT2D eigenvalue weighted by atomic mass is 16.2. The SMILES string of the molecule is CCCCNC(=O)Cn1ncc(NCC(C)C)cc1=O. The van der Waals surface area contributed by atoms with E-state index in [1.807, 2.05) is 0 Å². The van der Waals surface area contributed by atoms with E-state index in [0.717, 1.165) is 19.4 Å². The zero-order valence-electron chi connectivity index (χ0n) is 12.5. The fourth-order valence-electron chi connectivity index (χ4n) is 1.57. The Kier molecular flexibility index (Phi) is 6.76. The minimum atomic E-state index is -0.274. The molecule has 1 rings (SSSR count). The van der Waals surface area contributed by atoms with E-state index in [9.17, 15) is 9.59 Å². The van der Waals surface area contributed by atoms with Crippen LogP contribution in [0.5, 0.6) is 0 Å². The molecule has 0 radical (unpaired) electrons. The molecule has 0 saturated heterocycles. The van der Waals surface area contributed by atoms with E-state index >= 15 is 0 Å². The number of anilines is 1. The van der Waals surface area contributed by atoms with Gasteiger partial charge in [0.2, 0.25) is 5.91 Å². The van der Waals surface area contributed by atoms with Gasteiger partial charge in [0.15, 0.2) is 0 Å². The zero-order valence-corrected chi connectivity index (χ0v) is 12.5. The molecule has 1 aromatic rings. The Balaban J connectivity index is 2.55. The average molecular weight is 280 g/mol. The van der Waals surface area contributed by atoms with Gasteiger partial charge in [0.1, 0.15) is 6.54 Å². The molecule has 0 aliphatic rings. The summed E-state index contributed by atoms with van der Waals surface area (Å²) in [6.45, 7) is 7.61. The molecule has 2 N–H and O–H groups in total. The van der Waals surface area contributed by atoms with Crippen LogP contribution in [0.2, 0.25) is 0 Å². The minimum absolute atomic E-state index is 0.0347. The summed E-state index contributed by atoms with van der Waals surface area (Å²) in [5.74, 6) is 0.303. The highest BCUT2D eigenvalue weighted by Crippen LogP contribution is 2.01. The number of hydrogen-bond acceptors (Lipinski definition) is 4. The third-order valence-electron chi connectivity index (χ3n) is 2.73. The topological polar surface area (TPSA) is 76.0 Å². The van der Waals surface area contributed by atoms with Crippen LogP contribution in [-0.4, -0.2) is 28.8 Å². The van der Waals surface area contributed by atoms with E-state index in [-0.39, 0.29) is 18.0 Å². The second-order valence-electron chi connectivity index (χ2n) is 5.22. The van der Waals surface area contributed by atoms with E-state index < -0.39 is 0 Å². The van der Waals surface area contributed by atoms with Gasteiger partial charge in [-0.05, 0) is 12.3 Å². The molecule has 0 saturated carbocycles. The Morgan fingerprint density at radius 3 is 2.80 bits per heavy atom. The van der Waals surface area contributed by atoms with Crippen molar-refractivity contribution >= 4 is 11.6 Å². The predicted molar refractivity (Wildman–Crippen MR) is 79.7 cm³/mol. The third kappa shape index (κ3) is 5.86. The number of rotatable bonds is 8. The molecule has 0 fully saturated rings. The summed E-state index contributed by atoms with van der Waals surface area (Å²) in [6, 6.07) is 1.47. The fraction of sp³-hybridized carbons (Fsp3) is 0.643. The second-order valence-corrected chi connectivity index (χ2v) is 5.22. The van der Waals surface area contributed by atoms with E-state index in [4.69, 9.17) is 0 Å². The van der Waals surface area contributed by atoms with Crippen LogP contribution in [-0.2, 0) is 11.3 Å². The van der Waals surface area contributed by atoms with Crippen LogP contribution in [0.25, 0.3) is 0 Å². The van der Waals surface area contributed by atoms with Gasteiger partial charge in [-0.1, -0.05) is 27.2 Å². The van der Waals surface area contributed by atoms with Gasteiger partial charge >= 0.3 is 0 Å². The zero-order chi connectivity index (χ0) is 15.0. The number of carbonyl (C=O) groups excluding carboxylic acids is 1. The van der Waals surface area contributed by atoms with Gasteiger partial charge in [-0.3, -0.25) is 9.59 Å². The number of unbranched alkanes of at least 4 members (excludes halogenated alkanes) is 1. The molecule has 0 spiro atoms. The maximum absolute atomic E-state index is 11.8. The summed E-state index contributed by atoms with van der Waals surface area (Å²) in [5, 5.41) is 9.90. The largest absolute Gasteiger partial charge is 0.383 e. The van der Waals surface area contributed by atoms with Crippen molar-refractivity contribution < 1.29 is 4.79 Å². The maximum Gasteiger partial charge on any atom is 0.269 e. The molecule has 0 aromatic carbocycles. The van der Waals surface area contributed by atoms with Crippen molar-refractivity contribution in [2.24, 2.45) is 5.92 Å². The fourth-order valence-corrected chi connectivity index (χ4v) is 1.57. The van der Waals surface area contributed by atoms with Crippen LogP contribution in [0.4, 0.5) is 5.69 Å². The van der Waals surface area contributed by atoms with E-state index in [1.165, 1.54) is 10.7 Å². The van der Waals surface area contributed by atoms with Crippen molar-refractivity contribution in [3.05, 3.63) is 22.6 Å². The molecule has 0 unspecified atom stereocenters. The first kappa shape index (κ1) is 16.2. The normalized spacial score (nSPS) is 10.6. The van der Waals surface area contributed by atoms with Crippen LogP contribution in [0.3, 0.4) is 0 Å². The summed E-state index contributed by atoms with van der Waals surface area (Å²) >= 11 is 0. The lowest BCUT2D eigenvalue weighted by atomic mass is 10.2. The number of nitrogens with one attached hydrogen (secondary N) is 2. The molecule has 1 aromatic heterocycles. The van der Waals surface area contributed by atoms with Crippen molar-refractivity contribution in [3.63, 3.8) is 0 Å². The van der Waals surface area contributed by atoms with Crippen LogP contribution in [0, 0.1) is 5.92 Å². The lowest BCUT2D eigenvalue weighted by Crippen LogP contribution is -2.34. The molecular weight excluding hydrogens is 256 g/mol. The highest BCUT2D eigenvalue weighted by Gasteiger charge is 2.06. The molecule has 6 nitrogen and oxygen atoms in total. The van der Waals surface area contributed by atoms with E-state index in [0.29, 0.717) is 18.2 Å². The Hall–Kier alpha value is -1.85. The van der Waals surface area contributed by atoms with Crippen LogP contribution < -0.4 is 16.2 Å². The van der Waals surface area contributed by atoms with Gasteiger partial charge in [-0.25, -0.2) is 4.68 Å². The summed E-state index contributed by atoms with van der Waals surface area (Å²) in [6.07, 6.45) is 3.53. The summed E-state index contributed by atoms with van der Waals surface area (Å²) < 4.78 is 1.17. The number of nitrogens with zero attached hydrogens (tertiary/aromatic N) is 2. The molecule has 1 heterocycles. The first-order valence-corrected chi connectivity index (χ1v) is 7.10. The average Bonchev–Trinajstić information content (AvgIpc) is 2.39. The smallest absolute Gasteiger partial charge is 0.269 e. The predicted octanol–water partition coefficient (Wildman–Crippen LogP) is 1.23.